The van der Waals surface area contributed by atoms with Crippen LogP contribution in [0.2, 0.25) is 5.02 Å². The van der Waals surface area contributed by atoms with Gasteiger partial charge in [0.1, 0.15) is 5.82 Å². The molecular formula is C13H17ClFN3O. The Morgan fingerprint density at radius 1 is 1.32 bits per heavy atom. The molecule has 1 aliphatic heterocycles. The summed E-state index contributed by atoms with van der Waals surface area (Å²) in [4.78, 5) is 17.8. The van der Waals surface area contributed by atoms with Gasteiger partial charge in [-0.2, -0.15) is 0 Å². The first kappa shape index (κ1) is 14.1. The molecule has 1 heterocycles. The van der Waals surface area contributed by atoms with E-state index in [0.717, 1.165) is 13.1 Å². The number of carbonyl (C=O) groups is 1. The molecule has 0 aromatic heterocycles. The van der Waals surface area contributed by atoms with Crippen molar-refractivity contribution in [2.24, 2.45) is 0 Å². The largest absolute Gasteiger partial charge is 0.324 e. The van der Waals surface area contributed by atoms with E-state index in [4.69, 9.17) is 11.6 Å². The van der Waals surface area contributed by atoms with Crippen molar-refractivity contribution in [3.05, 3.63) is 29.0 Å². The number of anilines is 1. The molecule has 0 unspecified atom stereocenters. The van der Waals surface area contributed by atoms with Crippen molar-refractivity contribution in [3.63, 3.8) is 0 Å². The quantitative estimate of drug-likeness (QED) is 0.791. The summed E-state index contributed by atoms with van der Waals surface area (Å²) >= 11 is 5.73. The van der Waals surface area contributed by atoms with E-state index >= 15 is 0 Å². The van der Waals surface area contributed by atoms with Gasteiger partial charge in [0.05, 0.1) is 5.02 Å². The number of hydrogen-bond donors (Lipinski definition) is 0. The van der Waals surface area contributed by atoms with Crippen molar-refractivity contribution in [2.45, 2.75) is 0 Å². The van der Waals surface area contributed by atoms with E-state index in [1.54, 1.807) is 18.0 Å². The minimum Gasteiger partial charge on any atom is -0.322 e. The Bertz CT molecular complexity index is 475. The molecule has 1 saturated heterocycles. The number of piperazine rings is 1. The maximum Gasteiger partial charge on any atom is 0.324 e. The predicted molar refractivity (Wildman–Crippen MR) is 74.3 cm³/mol. The summed E-state index contributed by atoms with van der Waals surface area (Å²) in [5, 5.41) is 0.0236. The smallest absolute Gasteiger partial charge is 0.322 e. The molecule has 6 heteroatoms. The van der Waals surface area contributed by atoms with E-state index in [-0.39, 0.29) is 11.1 Å². The van der Waals surface area contributed by atoms with Crippen LogP contribution in [0.4, 0.5) is 14.9 Å². The van der Waals surface area contributed by atoms with Gasteiger partial charge in [0.2, 0.25) is 0 Å². The van der Waals surface area contributed by atoms with Gasteiger partial charge in [-0.1, -0.05) is 11.6 Å². The number of carbonyl (C=O) groups excluding carboxylic acids is 1. The van der Waals surface area contributed by atoms with Crippen molar-refractivity contribution in [1.82, 2.24) is 9.80 Å². The van der Waals surface area contributed by atoms with Crippen LogP contribution in [-0.4, -0.2) is 56.1 Å². The van der Waals surface area contributed by atoms with E-state index in [1.807, 2.05) is 7.05 Å². The number of hydrogen-bond acceptors (Lipinski definition) is 2. The Hall–Kier alpha value is -1.33. The van der Waals surface area contributed by atoms with E-state index in [2.05, 4.69) is 4.90 Å². The molecule has 1 aromatic rings. The third kappa shape index (κ3) is 3.16. The molecule has 4 nitrogen and oxygen atoms in total. The Kier molecular flexibility index (Phi) is 4.27. The van der Waals surface area contributed by atoms with Gasteiger partial charge >= 0.3 is 6.03 Å². The van der Waals surface area contributed by atoms with Crippen molar-refractivity contribution in [3.8, 4) is 0 Å². The number of benzene rings is 1. The summed E-state index contributed by atoms with van der Waals surface area (Å²) in [5.41, 5.74) is 0.593. The summed E-state index contributed by atoms with van der Waals surface area (Å²) < 4.78 is 13.1. The number of urea groups is 1. The number of halogens is 2. The summed E-state index contributed by atoms with van der Waals surface area (Å²) in [7, 11) is 3.70. The molecular weight excluding hydrogens is 269 g/mol. The van der Waals surface area contributed by atoms with Crippen LogP contribution in [0.5, 0.6) is 0 Å². The summed E-state index contributed by atoms with van der Waals surface area (Å²) in [6.45, 7) is 3.14. The molecule has 0 radical (unpaired) electrons. The fourth-order valence-electron chi connectivity index (χ4n) is 2.01. The van der Waals surface area contributed by atoms with Crippen molar-refractivity contribution in [1.29, 1.82) is 0 Å². The maximum atomic E-state index is 13.1. The third-order valence-electron chi connectivity index (χ3n) is 3.35. The van der Waals surface area contributed by atoms with Gasteiger partial charge in [-0.25, -0.2) is 9.18 Å². The molecule has 0 saturated carbocycles. The van der Waals surface area contributed by atoms with E-state index in [9.17, 15) is 9.18 Å². The van der Waals surface area contributed by atoms with Gasteiger partial charge in [0.15, 0.2) is 0 Å². The molecule has 1 aliphatic rings. The molecule has 0 spiro atoms. The summed E-state index contributed by atoms with van der Waals surface area (Å²) in [6.07, 6.45) is 0. The molecule has 0 aliphatic carbocycles. The molecule has 1 fully saturated rings. The van der Waals surface area contributed by atoms with Crippen LogP contribution in [0.25, 0.3) is 0 Å². The fraction of sp³-hybridized carbons (Fsp3) is 0.462. The zero-order valence-corrected chi connectivity index (χ0v) is 11.8. The fourth-order valence-corrected chi connectivity index (χ4v) is 2.19. The van der Waals surface area contributed by atoms with Crippen molar-refractivity contribution in [2.75, 3.05) is 45.2 Å². The second-order valence-electron chi connectivity index (χ2n) is 4.73. The van der Waals surface area contributed by atoms with Crippen LogP contribution >= 0.6 is 11.6 Å². The number of likely N-dealkylation sites (N-methyl/N-ethyl adjacent to an activating group) is 1. The normalized spacial score (nSPS) is 16.5. The van der Waals surface area contributed by atoms with Gasteiger partial charge in [-0.05, 0) is 25.2 Å². The van der Waals surface area contributed by atoms with Crippen LogP contribution in [0, 0.1) is 5.82 Å². The van der Waals surface area contributed by atoms with Crippen molar-refractivity contribution >= 4 is 23.3 Å². The minimum absolute atomic E-state index is 0.0236. The standard InChI is InChI=1S/C13H17ClFN3O/c1-16-5-7-18(8-6-16)13(19)17(2)10-3-4-12(15)11(14)9-10/h3-4,9H,5-8H2,1-2H3. The van der Waals surface area contributed by atoms with Crippen LogP contribution in [0.3, 0.4) is 0 Å². The molecule has 0 bridgehead atoms. The summed E-state index contributed by atoms with van der Waals surface area (Å²) in [6, 6.07) is 4.20. The Morgan fingerprint density at radius 3 is 2.53 bits per heavy atom. The monoisotopic (exact) mass is 285 g/mol. The highest BCUT2D eigenvalue weighted by molar-refractivity contribution is 6.31. The molecule has 0 N–H and O–H groups in total. The Balaban J connectivity index is 2.08. The Morgan fingerprint density at radius 2 is 1.95 bits per heavy atom. The van der Waals surface area contributed by atoms with Crippen LogP contribution in [-0.2, 0) is 0 Å². The highest BCUT2D eigenvalue weighted by Gasteiger charge is 2.23. The molecule has 19 heavy (non-hydrogen) atoms. The molecule has 2 amide bonds. The molecule has 1 aromatic carbocycles. The van der Waals surface area contributed by atoms with E-state index in [0.29, 0.717) is 18.8 Å². The average Bonchev–Trinajstić information content (AvgIpc) is 2.41. The lowest BCUT2D eigenvalue weighted by Crippen LogP contribution is -2.51. The number of nitrogens with zero attached hydrogens (tertiary/aromatic N) is 3. The van der Waals surface area contributed by atoms with E-state index < -0.39 is 5.82 Å². The Labute approximate surface area is 117 Å². The second-order valence-corrected chi connectivity index (χ2v) is 5.14. The molecule has 0 atom stereocenters. The highest BCUT2D eigenvalue weighted by atomic mass is 35.5. The first-order chi connectivity index (χ1) is 8.99. The van der Waals surface area contributed by atoms with Crippen molar-refractivity contribution < 1.29 is 9.18 Å². The van der Waals surface area contributed by atoms with E-state index in [1.165, 1.54) is 17.0 Å². The van der Waals surface area contributed by atoms with Crippen LogP contribution in [0.15, 0.2) is 18.2 Å². The first-order valence-electron chi connectivity index (χ1n) is 6.15. The molecule has 104 valence electrons. The first-order valence-corrected chi connectivity index (χ1v) is 6.53. The van der Waals surface area contributed by atoms with Gasteiger partial charge in [-0.3, -0.25) is 4.90 Å². The topological polar surface area (TPSA) is 26.8 Å². The van der Waals surface area contributed by atoms with Crippen LogP contribution in [0.1, 0.15) is 0 Å². The minimum atomic E-state index is -0.481. The maximum absolute atomic E-state index is 13.1. The highest BCUT2D eigenvalue weighted by Crippen LogP contribution is 2.22. The average molecular weight is 286 g/mol. The van der Waals surface area contributed by atoms with Gasteiger partial charge in [0.25, 0.3) is 0 Å². The zero-order valence-electron chi connectivity index (χ0n) is 11.1. The lowest BCUT2D eigenvalue weighted by molar-refractivity contribution is 0.160. The molecule has 2 rings (SSSR count). The van der Waals surface area contributed by atoms with Crippen LogP contribution < -0.4 is 4.90 Å². The third-order valence-corrected chi connectivity index (χ3v) is 3.64. The van der Waals surface area contributed by atoms with Gasteiger partial charge in [-0.15, -0.1) is 0 Å². The SMILES string of the molecule is CN1CCN(C(=O)N(C)c2ccc(F)c(Cl)c2)CC1. The summed E-state index contributed by atoms with van der Waals surface area (Å²) in [5.74, 6) is -0.481. The zero-order chi connectivity index (χ0) is 14.0. The number of amides is 2. The predicted octanol–water partition coefficient (Wildman–Crippen LogP) is 2.28. The second kappa shape index (κ2) is 5.75. The van der Waals surface area contributed by atoms with Gasteiger partial charge < -0.3 is 9.80 Å². The lowest BCUT2D eigenvalue weighted by atomic mass is 10.3. The lowest BCUT2D eigenvalue weighted by Gasteiger charge is -2.35. The van der Waals surface area contributed by atoms with Gasteiger partial charge in [0, 0.05) is 38.9 Å². The number of rotatable bonds is 1.